The van der Waals surface area contributed by atoms with Crippen LogP contribution in [0.25, 0.3) is 0 Å². The molecular formula is C13H17ClO6. The van der Waals surface area contributed by atoms with E-state index in [1.807, 2.05) is 0 Å². The van der Waals surface area contributed by atoms with Gasteiger partial charge in [0.1, 0.15) is 24.4 Å². The molecule has 20 heavy (non-hydrogen) atoms. The van der Waals surface area contributed by atoms with Crippen molar-refractivity contribution in [1.29, 1.82) is 0 Å². The molecular weight excluding hydrogens is 288 g/mol. The molecule has 0 amide bonds. The minimum atomic E-state index is -1.75. The lowest BCUT2D eigenvalue weighted by atomic mass is 10.0. The minimum absolute atomic E-state index is 0.325. The number of hydrogen-bond acceptors (Lipinski definition) is 6. The van der Waals surface area contributed by atoms with E-state index in [0.717, 1.165) is 0 Å². The molecule has 1 aliphatic rings. The van der Waals surface area contributed by atoms with Gasteiger partial charge >= 0.3 is 0 Å². The summed E-state index contributed by atoms with van der Waals surface area (Å²) in [4.78, 5) is 0. The van der Waals surface area contributed by atoms with Crippen LogP contribution < -0.4 is 0 Å². The lowest BCUT2D eigenvalue weighted by Crippen LogP contribution is -2.53. The summed E-state index contributed by atoms with van der Waals surface area (Å²) >= 11 is 6.27. The molecule has 0 saturated carbocycles. The molecule has 1 aromatic rings. The standard InChI is InChI=1S/C13H17ClO6/c14-13(8-4-2-1-3-5-8)19-7-9(16)11(17)12(18)10(6-15)20-13/h1-5,9-12,15-18H,6-7H2/t9-,10+,11-,12-,13?/m1/s1. The largest absolute Gasteiger partial charge is 0.394 e. The monoisotopic (exact) mass is 304 g/mol. The third-order valence-electron chi connectivity index (χ3n) is 3.17. The molecule has 1 unspecified atom stereocenters. The highest BCUT2D eigenvalue weighted by Gasteiger charge is 2.43. The van der Waals surface area contributed by atoms with Crippen LogP contribution >= 0.6 is 11.6 Å². The molecule has 1 fully saturated rings. The van der Waals surface area contributed by atoms with Crippen LogP contribution in [0.4, 0.5) is 0 Å². The lowest BCUT2D eigenvalue weighted by Gasteiger charge is -2.38. The molecule has 0 aliphatic carbocycles. The number of benzene rings is 1. The summed E-state index contributed by atoms with van der Waals surface area (Å²) in [5.74, 6) is 0. The molecule has 0 aromatic heterocycles. The summed E-state index contributed by atoms with van der Waals surface area (Å²) < 4.78 is 10.7. The van der Waals surface area contributed by atoms with Gasteiger partial charge in [-0.25, -0.2) is 0 Å². The normalized spacial score (nSPS) is 39.0. The quantitative estimate of drug-likeness (QED) is 0.551. The average Bonchev–Trinajstić information content (AvgIpc) is 2.49. The van der Waals surface area contributed by atoms with E-state index >= 15 is 0 Å². The first kappa shape index (κ1) is 15.7. The second-order valence-electron chi connectivity index (χ2n) is 4.60. The Labute approximate surface area is 121 Å². The van der Waals surface area contributed by atoms with Gasteiger partial charge in [0.15, 0.2) is 0 Å². The fourth-order valence-electron chi connectivity index (χ4n) is 1.97. The molecule has 0 bridgehead atoms. The Balaban J connectivity index is 2.30. The number of aliphatic hydroxyl groups is 4. The van der Waals surface area contributed by atoms with Crippen LogP contribution in [0.15, 0.2) is 30.3 Å². The van der Waals surface area contributed by atoms with Crippen LogP contribution in [-0.4, -0.2) is 58.1 Å². The van der Waals surface area contributed by atoms with E-state index < -0.39 is 36.3 Å². The number of halogens is 1. The molecule has 112 valence electrons. The molecule has 1 aliphatic heterocycles. The second-order valence-corrected chi connectivity index (χ2v) is 5.10. The average molecular weight is 305 g/mol. The van der Waals surface area contributed by atoms with Crippen LogP contribution in [0.1, 0.15) is 5.56 Å². The third-order valence-corrected chi connectivity index (χ3v) is 3.58. The van der Waals surface area contributed by atoms with Crippen LogP contribution in [0.3, 0.4) is 0 Å². The van der Waals surface area contributed by atoms with Crippen molar-refractivity contribution in [2.24, 2.45) is 0 Å². The maximum atomic E-state index is 9.88. The first-order chi connectivity index (χ1) is 9.48. The van der Waals surface area contributed by atoms with Gasteiger partial charge in [-0.1, -0.05) is 41.9 Å². The van der Waals surface area contributed by atoms with Crippen molar-refractivity contribution < 1.29 is 29.9 Å². The van der Waals surface area contributed by atoms with Crippen molar-refractivity contribution in [1.82, 2.24) is 0 Å². The van der Waals surface area contributed by atoms with Gasteiger partial charge in [0.2, 0.25) is 0 Å². The Kier molecular flexibility index (Phi) is 4.98. The molecule has 4 N–H and O–H groups in total. The molecule has 1 saturated heterocycles. The highest BCUT2D eigenvalue weighted by molar-refractivity contribution is 6.22. The van der Waals surface area contributed by atoms with E-state index in [-0.39, 0.29) is 6.61 Å². The van der Waals surface area contributed by atoms with E-state index in [9.17, 15) is 20.4 Å². The molecule has 0 spiro atoms. The summed E-state index contributed by atoms with van der Waals surface area (Å²) in [5.41, 5.74) is 0.455. The Bertz CT molecular complexity index is 430. The lowest BCUT2D eigenvalue weighted by molar-refractivity contribution is -0.279. The SMILES string of the molecule is OC[C@@H]1OC(Cl)(c2ccccc2)OC[C@@H](O)[C@@H](O)[C@@H]1O. The van der Waals surface area contributed by atoms with Gasteiger partial charge in [0.05, 0.1) is 13.2 Å². The van der Waals surface area contributed by atoms with Crippen LogP contribution in [-0.2, 0) is 14.7 Å². The second kappa shape index (κ2) is 6.36. The van der Waals surface area contributed by atoms with Crippen molar-refractivity contribution in [3.63, 3.8) is 0 Å². The number of rotatable bonds is 2. The van der Waals surface area contributed by atoms with E-state index in [1.165, 1.54) is 0 Å². The number of ether oxygens (including phenoxy) is 2. The molecule has 6 nitrogen and oxygen atoms in total. The highest BCUT2D eigenvalue weighted by Crippen LogP contribution is 2.36. The Hall–Kier alpha value is -0.730. The van der Waals surface area contributed by atoms with Crippen molar-refractivity contribution in [3.8, 4) is 0 Å². The van der Waals surface area contributed by atoms with Gasteiger partial charge in [-0.2, -0.15) is 0 Å². The minimum Gasteiger partial charge on any atom is -0.394 e. The van der Waals surface area contributed by atoms with E-state index in [2.05, 4.69) is 0 Å². The first-order valence-corrected chi connectivity index (χ1v) is 6.57. The predicted octanol–water partition coefficient (Wildman–Crippen LogP) is -0.474. The van der Waals surface area contributed by atoms with Gasteiger partial charge in [0, 0.05) is 5.56 Å². The van der Waals surface area contributed by atoms with Gasteiger partial charge in [-0.05, 0) is 0 Å². The highest BCUT2D eigenvalue weighted by atomic mass is 35.5. The van der Waals surface area contributed by atoms with Crippen molar-refractivity contribution in [2.45, 2.75) is 29.7 Å². The van der Waals surface area contributed by atoms with Crippen LogP contribution in [0, 0.1) is 0 Å². The number of aliphatic hydroxyl groups excluding tert-OH is 4. The number of alkyl halides is 1. The van der Waals surface area contributed by atoms with Crippen molar-refractivity contribution in [2.75, 3.05) is 13.2 Å². The fourth-order valence-corrected chi connectivity index (χ4v) is 2.27. The Morgan fingerprint density at radius 3 is 2.40 bits per heavy atom. The molecule has 7 heteroatoms. The van der Waals surface area contributed by atoms with Gasteiger partial charge in [-0.3, -0.25) is 0 Å². The predicted molar refractivity (Wildman–Crippen MR) is 69.9 cm³/mol. The van der Waals surface area contributed by atoms with Gasteiger partial charge < -0.3 is 29.9 Å². The zero-order valence-corrected chi connectivity index (χ0v) is 11.3. The number of hydrogen-bond donors (Lipinski definition) is 4. The zero-order valence-electron chi connectivity index (χ0n) is 10.6. The molecule has 2 rings (SSSR count). The maximum Gasteiger partial charge on any atom is 0.276 e. The molecule has 1 aromatic carbocycles. The summed E-state index contributed by atoms with van der Waals surface area (Å²) in [6.45, 7) is -0.912. The molecule has 0 radical (unpaired) electrons. The topological polar surface area (TPSA) is 99.4 Å². The summed E-state index contributed by atoms with van der Waals surface area (Å²) in [5, 5.41) is 36.8. The summed E-state index contributed by atoms with van der Waals surface area (Å²) in [6, 6.07) is 8.53. The Morgan fingerprint density at radius 1 is 1.15 bits per heavy atom. The van der Waals surface area contributed by atoms with Crippen molar-refractivity contribution in [3.05, 3.63) is 35.9 Å². The molecule has 5 atom stereocenters. The van der Waals surface area contributed by atoms with Crippen LogP contribution in [0.2, 0.25) is 0 Å². The van der Waals surface area contributed by atoms with E-state index in [0.29, 0.717) is 5.56 Å². The maximum absolute atomic E-state index is 9.88. The third kappa shape index (κ3) is 3.12. The van der Waals surface area contributed by atoms with Crippen molar-refractivity contribution >= 4 is 11.6 Å². The molecule has 1 heterocycles. The zero-order chi connectivity index (χ0) is 14.8. The van der Waals surface area contributed by atoms with E-state index in [4.69, 9.17) is 21.1 Å². The smallest absolute Gasteiger partial charge is 0.276 e. The van der Waals surface area contributed by atoms with Crippen LogP contribution in [0.5, 0.6) is 0 Å². The van der Waals surface area contributed by atoms with Gasteiger partial charge in [0.25, 0.3) is 5.25 Å². The first-order valence-electron chi connectivity index (χ1n) is 6.19. The summed E-state index contributed by atoms with van der Waals surface area (Å²) in [7, 11) is 0. The fraction of sp³-hybridized carbons (Fsp3) is 0.538. The summed E-state index contributed by atoms with van der Waals surface area (Å²) in [6.07, 6.45) is -5.52. The van der Waals surface area contributed by atoms with E-state index in [1.54, 1.807) is 30.3 Å². The van der Waals surface area contributed by atoms with Gasteiger partial charge in [-0.15, -0.1) is 0 Å². The Morgan fingerprint density at radius 2 is 1.80 bits per heavy atom.